The van der Waals surface area contributed by atoms with Gasteiger partial charge in [-0.25, -0.2) is 9.61 Å². The monoisotopic (exact) mass is 361 g/mol. The Labute approximate surface area is 152 Å². The van der Waals surface area contributed by atoms with Crippen LogP contribution in [0.3, 0.4) is 0 Å². The van der Waals surface area contributed by atoms with Crippen LogP contribution in [0.25, 0.3) is 28.2 Å². The molecule has 0 aliphatic rings. The lowest BCUT2D eigenvalue weighted by Crippen LogP contribution is -2.05. The minimum Gasteiger partial charge on any atom is -0.396 e. The van der Waals surface area contributed by atoms with Gasteiger partial charge in [-0.05, 0) is 29.4 Å². The van der Waals surface area contributed by atoms with Crippen molar-refractivity contribution >= 4 is 22.5 Å². The molecule has 134 valence electrons. The minimum absolute atomic E-state index is 0.410. The van der Waals surface area contributed by atoms with Gasteiger partial charge in [0.1, 0.15) is 6.33 Å². The van der Waals surface area contributed by atoms with Crippen LogP contribution in [0.1, 0.15) is 16.8 Å². The molecule has 5 heterocycles. The van der Waals surface area contributed by atoms with Gasteiger partial charge in [0.15, 0.2) is 11.2 Å². The van der Waals surface area contributed by atoms with Crippen LogP contribution in [0.2, 0.25) is 0 Å². The van der Waals surface area contributed by atoms with Gasteiger partial charge >= 0.3 is 0 Å². The van der Waals surface area contributed by atoms with Crippen LogP contribution in [0, 0.1) is 6.92 Å². The molecule has 0 aromatic carbocycles. The zero-order chi connectivity index (χ0) is 18.5. The van der Waals surface area contributed by atoms with Crippen molar-refractivity contribution in [3.63, 3.8) is 0 Å². The Morgan fingerprint density at radius 1 is 1.15 bits per heavy atom. The molecule has 5 rings (SSSR count). The topological polar surface area (TPSA) is 126 Å². The van der Waals surface area contributed by atoms with E-state index in [1.807, 2.05) is 41.3 Å². The molecule has 0 saturated carbocycles. The molecule has 0 spiro atoms. The fraction of sp³-hybridized carbons (Fsp3) is 0.176. The second kappa shape index (κ2) is 5.59. The van der Waals surface area contributed by atoms with E-state index in [1.54, 1.807) is 12.5 Å². The molecule has 0 fully saturated rings. The number of nitrogens with two attached hydrogens (primary N) is 1. The summed E-state index contributed by atoms with van der Waals surface area (Å²) < 4.78 is 8.51. The second-order valence-electron chi connectivity index (χ2n) is 6.31. The molecule has 0 bridgehead atoms. The van der Waals surface area contributed by atoms with Gasteiger partial charge < -0.3 is 5.73 Å². The van der Waals surface area contributed by atoms with Crippen molar-refractivity contribution in [2.75, 3.05) is 5.73 Å². The molecule has 5 aromatic heterocycles. The van der Waals surface area contributed by atoms with E-state index in [0.717, 1.165) is 33.9 Å². The van der Waals surface area contributed by atoms with Crippen LogP contribution >= 0.6 is 0 Å². The average molecular weight is 361 g/mol. The van der Waals surface area contributed by atoms with Crippen LogP contribution in [-0.4, -0.2) is 39.7 Å². The maximum Gasteiger partial charge on any atom is 0.226 e. The number of aromatic nitrogens is 8. The summed E-state index contributed by atoms with van der Waals surface area (Å²) in [6, 6.07) is 6.00. The number of pyridine rings is 2. The van der Waals surface area contributed by atoms with Crippen LogP contribution < -0.4 is 5.73 Å². The van der Waals surface area contributed by atoms with Gasteiger partial charge in [-0.2, -0.15) is 5.10 Å². The molecule has 10 nitrogen and oxygen atoms in total. The molecule has 0 saturated heterocycles. The molecular weight excluding hydrogens is 346 g/mol. The Morgan fingerprint density at radius 3 is 2.85 bits per heavy atom. The predicted octanol–water partition coefficient (Wildman–Crippen LogP) is 1.54. The van der Waals surface area contributed by atoms with Crippen LogP contribution in [0.4, 0.5) is 5.69 Å². The van der Waals surface area contributed by atoms with E-state index in [2.05, 4.69) is 30.6 Å². The number of rotatable bonds is 3. The molecule has 0 amide bonds. The van der Waals surface area contributed by atoms with E-state index < -0.39 is 0 Å². The quantitative estimate of drug-likeness (QED) is 0.513. The first kappa shape index (κ1) is 15.4. The molecular formula is C17H15N9O. The first-order valence-corrected chi connectivity index (χ1v) is 8.30. The second-order valence-corrected chi connectivity index (χ2v) is 6.31. The summed E-state index contributed by atoms with van der Waals surface area (Å²) in [6.07, 6.45) is 4.00. The number of anilines is 1. The van der Waals surface area contributed by atoms with E-state index in [9.17, 15) is 0 Å². The van der Waals surface area contributed by atoms with E-state index in [0.29, 0.717) is 23.3 Å². The third kappa shape index (κ3) is 2.26. The molecule has 10 heteroatoms. The molecule has 0 aliphatic carbocycles. The van der Waals surface area contributed by atoms with Crippen molar-refractivity contribution in [2.24, 2.45) is 7.05 Å². The van der Waals surface area contributed by atoms with Gasteiger partial charge in [0.2, 0.25) is 5.65 Å². The largest absolute Gasteiger partial charge is 0.396 e. The molecule has 0 atom stereocenters. The van der Waals surface area contributed by atoms with E-state index in [1.165, 1.54) is 0 Å². The summed E-state index contributed by atoms with van der Waals surface area (Å²) >= 11 is 0. The van der Waals surface area contributed by atoms with Crippen LogP contribution in [0.5, 0.6) is 0 Å². The number of nitrogen functional groups attached to an aromatic ring is 1. The maximum atomic E-state index is 6.30. The van der Waals surface area contributed by atoms with Crippen molar-refractivity contribution in [1.82, 2.24) is 39.7 Å². The van der Waals surface area contributed by atoms with Gasteiger partial charge in [-0.1, -0.05) is 6.07 Å². The highest BCUT2D eigenvalue weighted by atomic mass is 16.6. The van der Waals surface area contributed by atoms with E-state index in [-0.39, 0.29) is 0 Å². The Balaban J connectivity index is 1.65. The molecule has 0 radical (unpaired) electrons. The minimum atomic E-state index is 0.410. The smallest absolute Gasteiger partial charge is 0.226 e. The highest BCUT2D eigenvalue weighted by Crippen LogP contribution is 2.28. The molecule has 27 heavy (non-hydrogen) atoms. The standard InChI is InChI=1S/C17H15N9O/c1-9-11(14(18)15-16(21-9)24-27-23-15)7-10-3-4-13(12-5-6-20-25(12)2)26-8-19-22-17(10)26/h3-6,8H,7,18H2,1-2H3. The van der Waals surface area contributed by atoms with Gasteiger partial charge in [-0.15, -0.1) is 10.2 Å². The first-order valence-electron chi connectivity index (χ1n) is 8.30. The number of fused-ring (bicyclic) bond motifs is 2. The Morgan fingerprint density at radius 2 is 2.04 bits per heavy atom. The number of aryl methyl sites for hydroxylation is 2. The number of hydrogen-bond donors (Lipinski definition) is 1. The average Bonchev–Trinajstić information content (AvgIpc) is 3.38. The normalized spacial score (nSPS) is 11.6. The first-order chi connectivity index (χ1) is 13.1. The Bertz CT molecular complexity index is 1300. The Kier molecular flexibility index (Phi) is 3.20. The van der Waals surface area contributed by atoms with E-state index >= 15 is 0 Å². The summed E-state index contributed by atoms with van der Waals surface area (Å²) in [6.45, 7) is 1.89. The lowest BCUT2D eigenvalue weighted by atomic mass is 10.0. The highest BCUT2D eigenvalue weighted by molar-refractivity contribution is 5.85. The molecule has 5 aromatic rings. The van der Waals surface area contributed by atoms with E-state index in [4.69, 9.17) is 10.4 Å². The maximum absolute atomic E-state index is 6.30. The summed E-state index contributed by atoms with van der Waals surface area (Å²) in [5.41, 5.74) is 13.0. The van der Waals surface area contributed by atoms with Gasteiger partial charge in [-0.3, -0.25) is 9.08 Å². The third-order valence-corrected chi connectivity index (χ3v) is 4.75. The van der Waals surface area contributed by atoms with Crippen LogP contribution in [-0.2, 0) is 13.5 Å². The molecule has 0 aliphatic heterocycles. The molecule has 2 N–H and O–H groups in total. The van der Waals surface area contributed by atoms with Crippen molar-refractivity contribution in [3.8, 4) is 11.4 Å². The lowest BCUT2D eigenvalue weighted by Gasteiger charge is -2.11. The summed E-state index contributed by atoms with van der Waals surface area (Å²) in [7, 11) is 1.90. The van der Waals surface area contributed by atoms with Gasteiger partial charge in [0.05, 0.1) is 17.1 Å². The fourth-order valence-electron chi connectivity index (χ4n) is 3.34. The van der Waals surface area contributed by atoms with Gasteiger partial charge in [0.25, 0.3) is 0 Å². The molecule has 0 unspecified atom stereocenters. The predicted molar refractivity (Wildman–Crippen MR) is 96.7 cm³/mol. The van der Waals surface area contributed by atoms with Gasteiger partial charge in [0, 0.05) is 36.5 Å². The van der Waals surface area contributed by atoms with Crippen LogP contribution in [0.15, 0.2) is 35.4 Å². The third-order valence-electron chi connectivity index (χ3n) is 4.75. The summed E-state index contributed by atoms with van der Waals surface area (Å²) in [4.78, 5) is 4.43. The zero-order valence-corrected chi connectivity index (χ0v) is 14.7. The van der Waals surface area contributed by atoms with Crippen molar-refractivity contribution in [3.05, 3.63) is 47.5 Å². The summed E-state index contributed by atoms with van der Waals surface area (Å²) in [5.74, 6) is 0. The van der Waals surface area contributed by atoms with Crippen molar-refractivity contribution < 1.29 is 4.63 Å². The zero-order valence-electron chi connectivity index (χ0n) is 14.7. The highest BCUT2D eigenvalue weighted by Gasteiger charge is 2.18. The lowest BCUT2D eigenvalue weighted by molar-refractivity contribution is 0.315. The Hall–Kier alpha value is -3.82. The van der Waals surface area contributed by atoms with Crippen molar-refractivity contribution in [1.29, 1.82) is 0 Å². The number of hydrogen-bond acceptors (Lipinski definition) is 8. The fourth-order valence-corrected chi connectivity index (χ4v) is 3.34. The number of nitrogens with zero attached hydrogens (tertiary/aromatic N) is 8. The van der Waals surface area contributed by atoms with Crippen molar-refractivity contribution in [2.45, 2.75) is 13.3 Å². The summed E-state index contributed by atoms with van der Waals surface area (Å²) in [5, 5.41) is 20.3. The SMILES string of the molecule is Cc1nc2nonc2c(N)c1Cc1ccc(-c2ccnn2C)n2cnnc12.